The van der Waals surface area contributed by atoms with Crippen molar-refractivity contribution in [2.45, 2.75) is 26.2 Å². The molecule has 0 aliphatic heterocycles. The van der Waals surface area contributed by atoms with E-state index in [1.807, 2.05) is 26.0 Å². The van der Waals surface area contributed by atoms with Gasteiger partial charge in [0.25, 0.3) is 0 Å². The summed E-state index contributed by atoms with van der Waals surface area (Å²) in [4.78, 5) is 0. The van der Waals surface area contributed by atoms with E-state index in [9.17, 15) is 5.26 Å². The lowest BCUT2D eigenvalue weighted by molar-refractivity contribution is 0.680. The monoisotopic (exact) mass is 212 g/mol. The Bertz CT molecular complexity index is 583. The van der Waals surface area contributed by atoms with Gasteiger partial charge in [-0.05, 0) is 26.8 Å². The molecular formula is C14H16N2. The van der Waals surface area contributed by atoms with Crippen molar-refractivity contribution in [3.8, 4) is 6.07 Å². The normalized spacial score (nSPS) is 11.7. The number of aromatic nitrogens is 1. The molecule has 0 N–H and O–H groups in total. The molecule has 0 amide bonds. The maximum atomic E-state index is 9.28. The van der Waals surface area contributed by atoms with Crippen LogP contribution in [0.25, 0.3) is 10.9 Å². The summed E-state index contributed by atoms with van der Waals surface area (Å²) in [5, 5.41) is 10.5. The largest absolute Gasteiger partial charge is 0.348 e. The second kappa shape index (κ2) is 3.38. The molecule has 0 saturated carbocycles. The molecule has 0 fully saturated rings. The van der Waals surface area contributed by atoms with Crippen LogP contribution >= 0.6 is 0 Å². The third-order valence-corrected chi connectivity index (χ3v) is 3.30. The standard InChI is InChI=1S/C14H16N2/c1-10-13(14(2,3)9-15)11-7-5-6-8-12(11)16(10)4/h5-8H,1-4H3. The SMILES string of the molecule is Cc1c(C(C)(C)C#N)c2ccccc2n1C. The van der Waals surface area contributed by atoms with E-state index >= 15 is 0 Å². The van der Waals surface area contributed by atoms with Crippen LogP contribution in [0.4, 0.5) is 0 Å². The van der Waals surface area contributed by atoms with Gasteiger partial charge >= 0.3 is 0 Å². The number of nitrogens with zero attached hydrogens (tertiary/aromatic N) is 2. The molecule has 0 saturated heterocycles. The van der Waals surface area contributed by atoms with Crippen molar-refractivity contribution >= 4 is 10.9 Å². The van der Waals surface area contributed by atoms with Crippen LogP contribution in [0.15, 0.2) is 24.3 Å². The molecule has 0 spiro atoms. The minimum absolute atomic E-state index is 0.440. The number of aryl methyl sites for hydroxylation is 1. The average molecular weight is 212 g/mol. The van der Waals surface area contributed by atoms with Gasteiger partial charge in [-0.3, -0.25) is 0 Å². The highest BCUT2D eigenvalue weighted by atomic mass is 14.9. The minimum atomic E-state index is -0.440. The summed E-state index contributed by atoms with van der Waals surface area (Å²) in [6.07, 6.45) is 0. The van der Waals surface area contributed by atoms with Gasteiger partial charge in [0.05, 0.1) is 11.5 Å². The Morgan fingerprint density at radius 2 is 1.88 bits per heavy atom. The Balaban J connectivity index is 2.91. The molecule has 1 heterocycles. The van der Waals surface area contributed by atoms with Crippen LogP contribution in [0.5, 0.6) is 0 Å². The third kappa shape index (κ3) is 1.32. The summed E-state index contributed by atoms with van der Waals surface area (Å²) >= 11 is 0. The van der Waals surface area contributed by atoms with Crippen LogP contribution in [0.1, 0.15) is 25.1 Å². The molecule has 2 nitrogen and oxygen atoms in total. The highest BCUT2D eigenvalue weighted by Crippen LogP contribution is 2.34. The van der Waals surface area contributed by atoms with Gasteiger partial charge in [0, 0.05) is 29.2 Å². The average Bonchev–Trinajstić information content (AvgIpc) is 2.53. The second-order valence-electron chi connectivity index (χ2n) is 4.77. The topological polar surface area (TPSA) is 28.7 Å². The van der Waals surface area contributed by atoms with Crippen molar-refractivity contribution in [1.82, 2.24) is 4.57 Å². The van der Waals surface area contributed by atoms with Gasteiger partial charge in [-0.2, -0.15) is 5.26 Å². The predicted octanol–water partition coefficient (Wildman–Crippen LogP) is 3.29. The van der Waals surface area contributed by atoms with Gasteiger partial charge in [0.15, 0.2) is 0 Å². The summed E-state index contributed by atoms with van der Waals surface area (Å²) in [6, 6.07) is 10.6. The van der Waals surface area contributed by atoms with Crippen molar-refractivity contribution in [2.24, 2.45) is 7.05 Å². The van der Waals surface area contributed by atoms with Crippen LogP contribution < -0.4 is 0 Å². The first-order valence-electron chi connectivity index (χ1n) is 5.45. The van der Waals surface area contributed by atoms with Gasteiger partial charge < -0.3 is 4.57 Å². The molecule has 1 aromatic carbocycles. The summed E-state index contributed by atoms with van der Waals surface area (Å²) in [6.45, 7) is 6.03. The fraction of sp³-hybridized carbons (Fsp3) is 0.357. The smallest absolute Gasteiger partial charge is 0.0789 e. The fourth-order valence-electron chi connectivity index (χ4n) is 2.37. The van der Waals surface area contributed by atoms with Gasteiger partial charge in [0.2, 0.25) is 0 Å². The first kappa shape index (κ1) is 10.8. The number of para-hydroxylation sites is 1. The van der Waals surface area contributed by atoms with E-state index in [0.717, 1.165) is 5.56 Å². The number of nitriles is 1. The van der Waals surface area contributed by atoms with Crippen LogP contribution in [0.2, 0.25) is 0 Å². The van der Waals surface area contributed by atoms with E-state index in [1.165, 1.54) is 16.6 Å². The molecule has 0 aliphatic rings. The Labute approximate surface area is 96.1 Å². The molecule has 0 radical (unpaired) electrons. The Morgan fingerprint density at radius 3 is 2.50 bits per heavy atom. The van der Waals surface area contributed by atoms with E-state index in [1.54, 1.807) is 0 Å². The zero-order valence-electron chi connectivity index (χ0n) is 10.2. The lowest BCUT2D eigenvalue weighted by Gasteiger charge is -2.16. The lowest BCUT2D eigenvalue weighted by Crippen LogP contribution is -2.15. The van der Waals surface area contributed by atoms with Gasteiger partial charge in [-0.1, -0.05) is 18.2 Å². The van der Waals surface area contributed by atoms with Crippen LogP contribution in [-0.2, 0) is 12.5 Å². The predicted molar refractivity (Wildman–Crippen MR) is 66.3 cm³/mol. The van der Waals surface area contributed by atoms with Crippen molar-refractivity contribution in [3.63, 3.8) is 0 Å². The molecule has 2 rings (SSSR count). The highest BCUT2D eigenvalue weighted by Gasteiger charge is 2.27. The van der Waals surface area contributed by atoms with Crippen LogP contribution in [0, 0.1) is 18.3 Å². The van der Waals surface area contributed by atoms with E-state index in [4.69, 9.17) is 0 Å². The molecule has 16 heavy (non-hydrogen) atoms. The van der Waals surface area contributed by atoms with Crippen molar-refractivity contribution in [3.05, 3.63) is 35.5 Å². The maximum Gasteiger partial charge on any atom is 0.0789 e. The molecule has 2 heteroatoms. The zero-order chi connectivity index (χ0) is 11.9. The molecule has 82 valence electrons. The third-order valence-electron chi connectivity index (χ3n) is 3.30. The molecule has 0 bridgehead atoms. The summed E-state index contributed by atoms with van der Waals surface area (Å²) < 4.78 is 2.16. The zero-order valence-corrected chi connectivity index (χ0v) is 10.2. The number of hydrogen-bond acceptors (Lipinski definition) is 1. The first-order valence-corrected chi connectivity index (χ1v) is 5.45. The van der Waals surface area contributed by atoms with Crippen molar-refractivity contribution in [2.75, 3.05) is 0 Å². The molecule has 1 aromatic heterocycles. The minimum Gasteiger partial charge on any atom is -0.348 e. The van der Waals surface area contributed by atoms with Gasteiger partial charge in [-0.25, -0.2) is 0 Å². The number of hydrogen-bond donors (Lipinski definition) is 0. The van der Waals surface area contributed by atoms with Gasteiger partial charge in [0.1, 0.15) is 0 Å². The Kier molecular flexibility index (Phi) is 2.27. The number of benzene rings is 1. The molecule has 0 aliphatic carbocycles. The molecule has 0 unspecified atom stereocenters. The summed E-state index contributed by atoms with van der Waals surface area (Å²) in [5.41, 5.74) is 3.07. The number of rotatable bonds is 1. The van der Waals surface area contributed by atoms with E-state index in [0.29, 0.717) is 0 Å². The maximum absolute atomic E-state index is 9.28. The highest BCUT2D eigenvalue weighted by molar-refractivity contribution is 5.87. The molecular weight excluding hydrogens is 196 g/mol. The lowest BCUT2D eigenvalue weighted by atomic mass is 9.84. The molecule has 0 atom stereocenters. The summed E-state index contributed by atoms with van der Waals surface area (Å²) in [5.74, 6) is 0. The first-order chi connectivity index (χ1) is 7.49. The Morgan fingerprint density at radius 1 is 1.25 bits per heavy atom. The number of fused-ring (bicyclic) bond motifs is 1. The van der Waals surface area contributed by atoms with Crippen LogP contribution in [-0.4, -0.2) is 4.57 Å². The van der Waals surface area contributed by atoms with E-state index < -0.39 is 5.41 Å². The van der Waals surface area contributed by atoms with E-state index in [2.05, 4.69) is 36.7 Å². The van der Waals surface area contributed by atoms with E-state index in [-0.39, 0.29) is 0 Å². The second-order valence-corrected chi connectivity index (χ2v) is 4.77. The van der Waals surface area contributed by atoms with Crippen molar-refractivity contribution in [1.29, 1.82) is 5.26 Å². The van der Waals surface area contributed by atoms with Gasteiger partial charge in [-0.15, -0.1) is 0 Å². The quantitative estimate of drug-likeness (QED) is 0.713. The van der Waals surface area contributed by atoms with Crippen LogP contribution in [0.3, 0.4) is 0 Å². The molecule has 2 aromatic rings. The fourth-order valence-corrected chi connectivity index (χ4v) is 2.37. The Hall–Kier alpha value is -1.75. The summed E-state index contributed by atoms with van der Waals surface area (Å²) in [7, 11) is 2.05. The van der Waals surface area contributed by atoms with Crippen molar-refractivity contribution < 1.29 is 0 Å².